The largest absolute Gasteiger partial charge is 0.469 e. The van der Waals surface area contributed by atoms with E-state index < -0.39 is 5.97 Å². The maximum atomic E-state index is 13.0. The van der Waals surface area contributed by atoms with E-state index in [1.807, 2.05) is 6.92 Å². The third kappa shape index (κ3) is 3.65. The average molecular weight is 292 g/mol. The number of hydrogen-bond acceptors (Lipinski definition) is 4. The molecule has 1 aliphatic rings. The minimum absolute atomic E-state index is 0.00871. The summed E-state index contributed by atoms with van der Waals surface area (Å²) in [6.07, 6.45) is 1.11. The monoisotopic (exact) mass is 292 g/mol. The second-order valence-corrected chi connectivity index (χ2v) is 4.93. The number of halogens is 1. The molecule has 0 radical (unpaired) electrons. The summed E-state index contributed by atoms with van der Waals surface area (Å²) in [5.41, 5.74) is 0.984. The first-order valence-corrected chi connectivity index (χ1v) is 6.73. The van der Waals surface area contributed by atoms with Gasteiger partial charge in [-0.2, -0.15) is 5.10 Å². The standard InChI is InChI=1S/C15H17FN2O3/c1-10-3-8-14(19)18(10)17-13(9-15(20)21-2)11-4-6-12(16)7-5-11/h4-7,10H,3,8-9H2,1-2H3/b17-13-. The molecule has 1 aromatic carbocycles. The minimum atomic E-state index is -0.461. The summed E-state index contributed by atoms with van der Waals surface area (Å²) in [4.78, 5) is 23.3. The van der Waals surface area contributed by atoms with Crippen LogP contribution in [0, 0.1) is 5.82 Å². The van der Waals surface area contributed by atoms with Gasteiger partial charge in [0.2, 0.25) is 5.91 Å². The van der Waals surface area contributed by atoms with Gasteiger partial charge in [-0.25, -0.2) is 9.40 Å². The maximum absolute atomic E-state index is 13.0. The highest BCUT2D eigenvalue weighted by atomic mass is 19.1. The number of carbonyl (C=O) groups is 2. The third-order valence-electron chi connectivity index (χ3n) is 3.39. The molecule has 1 saturated heterocycles. The highest BCUT2D eigenvalue weighted by Gasteiger charge is 2.28. The van der Waals surface area contributed by atoms with Crippen molar-refractivity contribution in [2.24, 2.45) is 5.10 Å². The van der Waals surface area contributed by atoms with E-state index in [-0.39, 0.29) is 24.2 Å². The Morgan fingerprint density at radius 1 is 1.43 bits per heavy atom. The van der Waals surface area contributed by atoms with E-state index in [1.54, 1.807) is 0 Å². The van der Waals surface area contributed by atoms with E-state index in [9.17, 15) is 14.0 Å². The van der Waals surface area contributed by atoms with Gasteiger partial charge in [0, 0.05) is 6.42 Å². The van der Waals surface area contributed by atoms with Gasteiger partial charge >= 0.3 is 5.97 Å². The highest BCUT2D eigenvalue weighted by molar-refractivity contribution is 6.09. The molecule has 0 saturated carbocycles. The van der Waals surface area contributed by atoms with Crippen LogP contribution in [-0.4, -0.2) is 35.7 Å². The van der Waals surface area contributed by atoms with Crippen LogP contribution in [0.2, 0.25) is 0 Å². The molecular formula is C15H17FN2O3. The topological polar surface area (TPSA) is 59.0 Å². The second-order valence-electron chi connectivity index (χ2n) is 4.93. The first kappa shape index (κ1) is 15.2. The van der Waals surface area contributed by atoms with Crippen LogP contribution in [0.4, 0.5) is 4.39 Å². The van der Waals surface area contributed by atoms with Crippen LogP contribution >= 0.6 is 0 Å². The molecule has 5 nitrogen and oxygen atoms in total. The molecule has 1 fully saturated rings. The van der Waals surface area contributed by atoms with Crippen molar-refractivity contribution in [2.45, 2.75) is 32.2 Å². The molecule has 1 heterocycles. The fourth-order valence-corrected chi connectivity index (χ4v) is 2.15. The summed E-state index contributed by atoms with van der Waals surface area (Å²) in [6.45, 7) is 1.90. The normalized spacial score (nSPS) is 19.0. The molecule has 1 amide bonds. The van der Waals surface area contributed by atoms with E-state index in [1.165, 1.54) is 36.4 Å². The summed E-state index contributed by atoms with van der Waals surface area (Å²) in [7, 11) is 1.29. The van der Waals surface area contributed by atoms with Gasteiger partial charge in [0.05, 0.1) is 25.3 Å². The van der Waals surface area contributed by atoms with Crippen LogP contribution in [0.25, 0.3) is 0 Å². The van der Waals surface area contributed by atoms with Crippen LogP contribution in [0.5, 0.6) is 0 Å². The first-order chi connectivity index (χ1) is 10.0. The fourth-order valence-electron chi connectivity index (χ4n) is 2.15. The Morgan fingerprint density at radius 3 is 2.62 bits per heavy atom. The van der Waals surface area contributed by atoms with Crippen molar-refractivity contribution >= 4 is 17.6 Å². The van der Waals surface area contributed by atoms with Gasteiger partial charge in [0.1, 0.15) is 5.82 Å². The van der Waals surface area contributed by atoms with E-state index in [2.05, 4.69) is 9.84 Å². The molecule has 0 bridgehead atoms. The molecule has 1 unspecified atom stereocenters. The van der Waals surface area contributed by atoms with Crippen molar-refractivity contribution < 1.29 is 18.7 Å². The van der Waals surface area contributed by atoms with Gasteiger partial charge in [-0.3, -0.25) is 9.59 Å². The van der Waals surface area contributed by atoms with Gasteiger partial charge in [-0.05, 0) is 31.0 Å². The number of hydrazone groups is 1. The number of hydrogen-bond donors (Lipinski definition) is 0. The Labute approximate surface area is 122 Å². The van der Waals surface area contributed by atoms with Crippen LogP contribution < -0.4 is 0 Å². The molecule has 1 aliphatic heterocycles. The molecule has 0 spiro atoms. The molecule has 2 rings (SSSR count). The number of ether oxygens (including phenoxy) is 1. The van der Waals surface area contributed by atoms with E-state index in [0.717, 1.165) is 6.42 Å². The number of amides is 1. The summed E-state index contributed by atoms with van der Waals surface area (Å²) >= 11 is 0. The molecule has 1 atom stereocenters. The smallest absolute Gasteiger partial charge is 0.311 e. The Morgan fingerprint density at radius 2 is 2.10 bits per heavy atom. The Bertz CT molecular complexity index is 569. The summed E-state index contributed by atoms with van der Waals surface area (Å²) in [5, 5.41) is 5.69. The Balaban J connectivity index is 2.33. The van der Waals surface area contributed by atoms with Crippen LogP contribution in [-0.2, 0) is 14.3 Å². The number of benzene rings is 1. The molecule has 0 aromatic heterocycles. The summed E-state index contributed by atoms with van der Waals surface area (Å²) in [6, 6.07) is 5.63. The zero-order valence-corrected chi connectivity index (χ0v) is 12.0. The summed E-state index contributed by atoms with van der Waals surface area (Å²) in [5.74, 6) is -0.911. The number of methoxy groups -OCH3 is 1. The van der Waals surface area contributed by atoms with Gasteiger partial charge in [-0.1, -0.05) is 12.1 Å². The summed E-state index contributed by atoms with van der Waals surface area (Å²) < 4.78 is 17.7. The SMILES string of the molecule is COC(=O)C/C(=N/N1C(=O)CCC1C)c1ccc(F)cc1. The van der Waals surface area contributed by atoms with Gasteiger partial charge in [0.15, 0.2) is 0 Å². The van der Waals surface area contributed by atoms with Crippen molar-refractivity contribution in [3.63, 3.8) is 0 Å². The van der Waals surface area contributed by atoms with Crippen LogP contribution in [0.1, 0.15) is 31.7 Å². The molecular weight excluding hydrogens is 275 g/mol. The minimum Gasteiger partial charge on any atom is -0.469 e. The zero-order chi connectivity index (χ0) is 15.4. The molecule has 1 aromatic rings. The number of nitrogens with zero attached hydrogens (tertiary/aromatic N) is 2. The molecule has 21 heavy (non-hydrogen) atoms. The van der Waals surface area contributed by atoms with Crippen molar-refractivity contribution in [1.82, 2.24) is 5.01 Å². The van der Waals surface area contributed by atoms with Crippen molar-refractivity contribution in [3.8, 4) is 0 Å². The van der Waals surface area contributed by atoms with E-state index >= 15 is 0 Å². The maximum Gasteiger partial charge on any atom is 0.311 e. The third-order valence-corrected chi connectivity index (χ3v) is 3.39. The van der Waals surface area contributed by atoms with Gasteiger partial charge < -0.3 is 4.74 Å². The molecule has 112 valence electrons. The van der Waals surface area contributed by atoms with E-state index in [0.29, 0.717) is 17.7 Å². The lowest BCUT2D eigenvalue weighted by Gasteiger charge is -2.17. The quantitative estimate of drug-likeness (QED) is 0.631. The fraction of sp³-hybridized carbons (Fsp3) is 0.400. The number of carbonyl (C=O) groups excluding carboxylic acids is 2. The molecule has 0 N–H and O–H groups in total. The number of rotatable bonds is 4. The van der Waals surface area contributed by atoms with Crippen LogP contribution in [0.3, 0.4) is 0 Å². The van der Waals surface area contributed by atoms with Gasteiger partial charge in [-0.15, -0.1) is 0 Å². The number of esters is 1. The predicted molar refractivity (Wildman–Crippen MR) is 75.1 cm³/mol. The lowest BCUT2D eigenvalue weighted by Crippen LogP contribution is -2.28. The Hall–Kier alpha value is -2.24. The zero-order valence-electron chi connectivity index (χ0n) is 12.0. The van der Waals surface area contributed by atoms with Crippen molar-refractivity contribution in [1.29, 1.82) is 0 Å². The lowest BCUT2D eigenvalue weighted by atomic mass is 10.1. The second kappa shape index (κ2) is 6.47. The van der Waals surface area contributed by atoms with Crippen LogP contribution in [0.15, 0.2) is 29.4 Å². The lowest BCUT2D eigenvalue weighted by molar-refractivity contribution is -0.139. The highest BCUT2D eigenvalue weighted by Crippen LogP contribution is 2.20. The molecule has 0 aliphatic carbocycles. The average Bonchev–Trinajstić information content (AvgIpc) is 2.79. The van der Waals surface area contributed by atoms with Gasteiger partial charge in [0.25, 0.3) is 0 Å². The van der Waals surface area contributed by atoms with Crippen molar-refractivity contribution in [3.05, 3.63) is 35.6 Å². The molecule has 6 heteroatoms. The Kier molecular flexibility index (Phi) is 4.67. The van der Waals surface area contributed by atoms with Crippen molar-refractivity contribution in [2.75, 3.05) is 7.11 Å². The first-order valence-electron chi connectivity index (χ1n) is 6.73. The predicted octanol–water partition coefficient (Wildman–Crippen LogP) is 2.10. The van der Waals surface area contributed by atoms with E-state index in [4.69, 9.17) is 0 Å².